The van der Waals surface area contributed by atoms with Crippen LogP contribution in [0.3, 0.4) is 0 Å². The summed E-state index contributed by atoms with van der Waals surface area (Å²) >= 11 is 0. The van der Waals surface area contributed by atoms with Gasteiger partial charge in [-0.15, -0.1) is 0 Å². The third-order valence-corrected chi connectivity index (χ3v) is 2.25. The maximum atomic E-state index is 5.84. The Hall–Kier alpha value is -0.0800. The van der Waals surface area contributed by atoms with Gasteiger partial charge in [-0.05, 0) is 25.2 Å². The van der Waals surface area contributed by atoms with Crippen LogP contribution in [-0.2, 0) is 4.74 Å². The number of hydrogen-bond acceptors (Lipinski definition) is 2. The van der Waals surface area contributed by atoms with Crippen molar-refractivity contribution in [3.63, 3.8) is 0 Å². The van der Waals surface area contributed by atoms with Gasteiger partial charge in [-0.2, -0.15) is 0 Å². The highest BCUT2D eigenvalue weighted by Gasteiger charge is 2.34. The highest BCUT2D eigenvalue weighted by molar-refractivity contribution is 4.87. The van der Waals surface area contributed by atoms with Crippen LogP contribution < -0.4 is 5.73 Å². The van der Waals surface area contributed by atoms with Gasteiger partial charge in [0.05, 0.1) is 6.10 Å². The van der Waals surface area contributed by atoms with Gasteiger partial charge in [0, 0.05) is 13.2 Å². The van der Waals surface area contributed by atoms with Crippen molar-refractivity contribution in [2.45, 2.75) is 38.3 Å². The topological polar surface area (TPSA) is 35.2 Å². The molecule has 0 spiro atoms. The molecule has 1 rings (SSSR count). The summed E-state index contributed by atoms with van der Waals surface area (Å²) in [4.78, 5) is 0. The van der Waals surface area contributed by atoms with Crippen molar-refractivity contribution in [2.24, 2.45) is 11.7 Å². The van der Waals surface area contributed by atoms with Crippen molar-refractivity contribution in [1.29, 1.82) is 0 Å². The normalized spacial score (nSPS) is 24.3. The first-order valence-corrected chi connectivity index (χ1v) is 4.08. The molecule has 60 valence electrons. The van der Waals surface area contributed by atoms with Crippen LogP contribution in [0.5, 0.6) is 0 Å². The Bertz CT molecular complexity index is 101. The van der Waals surface area contributed by atoms with Crippen LogP contribution in [0.1, 0.15) is 26.2 Å². The monoisotopic (exact) mass is 143 g/mol. The lowest BCUT2D eigenvalue weighted by molar-refractivity contribution is 0.0616. The molecule has 2 atom stereocenters. The summed E-state index contributed by atoms with van der Waals surface area (Å²) in [7, 11) is 1.76. The van der Waals surface area contributed by atoms with Gasteiger partial charge in [0.2, 0.25) is 0 Å². The van der Waals surface area contributed by atoms with Crippen molar-refractivity contribution in [3.8, 4) is 0 Å². The lowest BCUT2D eigenvalue weighted by Gasteiger charge is -2.20. The average molecular weight is 143 g/mol. The van der Waals surface area contributed by atoms with Gasteiger partial charge in [-0.1, -0.05) is 6.92 Å². The summed E-state index contributed by atoms with van der Waals surface area (Å²) < 4.78 is 5.30. The van der Waals surface area contributed by atoms with Crippen molar-refractivity contribution in [2.75, 3.05) is 7.11 Å². The number of hydrogen-bond donors (Lipinski definition) is 1. The van der Waals surface area contributed by atoms with Crippen LogP contribution in [0, 0.1) is 5.92 Å². The quantitative estimate of drug-likeness (QED) is 0.640. The summed E-state index contributed by atoms with van der Waals surface area (Å²) in [6.45, 7) is 2.11. The summed E-state index contributed by atoms with van der Waals surface area (Å²) in [5.41, 5.74) is 5.84. The number of rotatable bonds is 4. The zero-order valence-corrected chi connectivity index (χ0v) is 6.84. The second-order valence-corrected chi connectivity index (χ2v) is 3.11. The molecule has 1 unspecified atom stereocenters. The predicted molar refractivity (Wildman–Crippen MR) is 41.8 cm³/mol. The zero-order chi connectivity index (χ0) is 7.56. The minimum absolute atomic E-state index is 0.248. The van der Waals surface area contributed by atoms with Crippen molar-refractivity contribution < 1.29 is 4.74 Å². The van der Waals surface area contributed by atoms with E-state index in [4.69, 9.17) is 10.5 Å². The molecule has 10 heavy (non-hydrogen) atoms. The molecule has 0 amide bonds. The highest BCUT2D eigenvalue weighted by atomic mass is 16.5. The molecule has 1 fully saturated rings. The Morgan fingerprint density at radius 3 is 2.50 bits per heavy atom. The molecule has 2 heteroatoms. The smallest absolute Gasteiger partial charge is 0.0750 e. The lowest BCUT2D eigenvalue weighted by Crippen LogP contribution is -2.36. The molecule has 0 saturated heterocycles. The van der Waals surface area contributed by atoms with E-state index >= 15 is 0 Å². The van der Waals surface area contributed by atoms with Crippen LogP contribution in [0.25, 0.3) is 0 Å². The molecule has 1 saturated carbocycles. The van der Waals surface area contributed by atoms with E-state index in [2.05, 4.69) is 6.92 Å². The van der Waals surface area contributed by atoms with Gasteiger partial charge < -0.3 is 10.5 Å². The molecule has 0 aliphatic heterocycles. The molecule has 0 bridgehead atoms. The minimum Gasteiger partial charge on any atom is -0.380 e. The average Bonchev–Trinajstić information content (AvgIpc) is 2.73. The van der Waals surface area contributed by atoms with E-state index in [0.717, 1.165) is 12.3 Å². The first kappa shape index (κ1) is 8.02. The first-order chi connectivity index (χ1) is 4.79. The maximum absolute atomic E-state index is 5.84. The van der Waals surface area contributed by atoms with Gasteiger partial charge in [0.25, 0.3) is 0 Å². The van der Waals surface area contributed by atoms with E-state index in [9.17, 15) is 0 Å². The zero-order valence-electron chi connectivity index (χ0n) is 6.84. The van der Waals surface area contributed by atoms with E-state index in [1.807, 2.05) is 0 Å². The van der Waals surface area contributed by atoms with Gasteiger partial charge in [0.1, 0.15) is 0 Å². The fourth-order valence-electron chi connectivity index (χ4n) is 1.37. The van der Waals surface area contributed by atoms with E-state index in [1.165, 1.54) is 12.8 Å². The lowest BCUT2D eigenvalue weighted by atomic mass is 10.1. The Balaban J connectivity index is 2.30. The molecule has 0 heterocycles. The van der Waals surface area contributed by atoms with Gasteiger partial charge in [-0.25, -0.2) is 0 Å². The number of methoxy groups -OCH3 is 1. The Morgan fingerprint density at radius 2 is 2.20 bits per heavy atom. The second-order valence-electron chi connectivity index (χ2n) is 3.11. The van der Waals surface area contributed by atoms with E-state index < -0.39 is 0 Å². The minimum atomic E-state index is 0.248. The molecule has 0 aromatic carbocycles. The molecular weight excluding hydrogens is 126 g/mol. The predicted octanol–water partition coefficient (Wildman–Crippen LogP) is 1.15. The van der Waals surface area contributed by atoms with Crippen molar-refractivity contribution in [1.82, 2.24) is 0 Å². The highest BCUT2D eigenvalue weighted by Crippen LogP contribution is 2.35. The van der Waals surface area contributed by atoms with Gasteiger partial charge >= 0.3 is 0 Å². The molecule has 0 radical (unpaired) electrons. The van der Waals surface area contributed by atoms with E-state index in [0.29, 0.717) is 6.10 Å². The number of ether oxygens (including phenoxy) is 1. The van der Waals surface area contributed by atoms with Crippen LogP contribution in [0.4, 0.5) is 0 Å². The third-order valence-electron chi connectivity index (χ3n) is 2.25. The summed E-state index contributed by atoms with van der Waals surface area (Å²) in [5, 5.41) is 0. The summed E-state index contributed by atoms with van der Waals surface area (Å²) in [6.07, 6.45) is 3.97. The summed E-state index contributed by atoms with van der Waals surface area (Å²) in [6, 6.07) is 0.248. The maximum Gasteiger partial charge on any atom is 0.0750 e. The first-order valence-electron chi connectivity index (χ1n) is 4.08. The molecule has 0 aromatic heterocycles. The molecule has 1 aliphatic rings. The fourth-order valence-corrected chi connectivity index (χ4v) is 1.37. The van der Waals surface area contributed by atoms with Crippen LogP contribution in [0.15, 0.2) is 0 Å². The Kier molecular flexibility index (Phi) is 2.69. The summed E-state index contributed by atoms with van der Waals surface area (Å²) in [5.74, 6) is 0.764. The van der Waals surface area contributed by atoms with Crippen LogP contribution >= 0.6 is 0 Å². The van der Waals surface area contributed by atoms with Gasteiger partial charge in [0.15, 0.2) is 0 Å². The van der Waals surface area contributed by atoms with Crippen LogP contribution in [0.2, 0.25) is 0 Å². The fraction of sp³-hybridized carbons (Fsp3) is 1.00. The van der Waals surface area contributed by atoms with Crippen LogP contribution in [-0.4, -0.2) is 19.3 Å². The molecule has 2 nitrogen and oxygen atoms in total. The second kappa shape index (κ2) is 3.35. The van der Waals surface area contributed by atoms with Crippen molar-refractivity contribution >= 4 is 0 Å². The van der Waals surface area contributed by atoms with E-state index in [-0.39, 0.29) is 6.04 Å². The Morgan fingerprint density at radius 1 is 1.60 bits per heavy atom. The van der Waals surface area contributed by atoms with E-state index in [1.54, 1.807) is 7.11 Å². The standard InChI is InChI=1S/C8H17NO/c1-3-7(9)8(10-2)6-4-5-6/h6-8H,3-5,9H2,1-2H3/t7-,8?/m0/s1. The third kappa shape index (κ3) is 1.70. The number of nitrogens with two attached hydrogens (primary N) is 1. The molecule has 0 aromatic rings. The molecule has 2 N–H and O–H groups in total. The molecule has 1 aliphatic carbocycles. The largest absolute Gasteiger partial charge is 0.380 e. The Labute approximate surface area is 62.7 Å². The van der Waals surface area contributed by atoms with Gasteiger partial charge in [-0.3, -0.25) is 0 Å². The van der Waals surface area contributed by atoms with Crippen molar-refractivity contribution in [3.05, 3.63) is 0 Å². The molecular formula is C8H17NO. The SMILES string of the molecule is CC[C@H](N)C(OC)C1CC1.